The Labute approximate surface area is 136 Å². The van der Waals surface area contributed by atoms with Crippen molar-refractivity contribution < 1.29 is 19.4 Å². The Morgan fingerprint density at radius 1 is 1.26 bits per heavy atom. The van der Waals surface area contributed by atoms with Crippen LogP contribution >= 0.6 is 0 Å². The zero-order chi connectivity index (χ0) is 16.7. The van der Waals surface area contributed by atoms with E-state index < -0.39 is 11.9 Å². The average molecular weight is 320 g/mol. The lowest BCUT2D eigenvalue weighted by atomic mass is 9.93. The third-order valence-corrected chi connectivity index (χ3v) is 3.93. The molecule has 2 N–H and O–H groups in total. The molecule has 23 heavy (non-hydrogen) atoms. The Kier molecular flexibility index (Phi) is 6.55. The van der Waals surface area contributed by atoms with Crippen molar-refractivity contribution in [2.45, 2.75) is 13.3 Å². The summed E-state index contributed by atoms with van der Waals surface area (Å²) >= 11 is 0. The molecule has 0 aliphatic carbocycles. The van der Waals surface area contributed by atoms with Crippen LogP contribution in [0.2, 0.25) is 0 Å². The number of carboxylic acid groups (broad SMARTS) is 1. The lowest BCUT2D eigenvalue weighted by molar-refractivity contribution is -0.137. The minimum atomic E-state index is -0.940. The maximum absolute atomic E-state index is 12.7. The second-order valence-electron chi connectivity index (χ2n) is 5.67. The van der Waals surface area contributed by atoms with Gasteiger partial charge >= 0.3 is 5.97 Å². The highest BCUT2D eigenvalue weighted by molar-refractivity contribution is 5.99. The van der Waals surface area contributed by atoms with Crippen LogP contribution in [-0.2, 0) is 4.79 Å². The van der Waals surface area contributed by atoms with Crippen LogP contribution in [0.15, 0.2) is 24.3 Å². The number of hydrogen-bond donors (Lipinski definition) is 2. The van der Waals surface area contributed by atoms with Crippen LogP contribution in [-0.4, -0.2) is 61.1 Å². The Bertz CT molecular complexity index is 524. The zero-order valence-corrected chi connectivity index (χ0v) is 13.5. The largest absolute Gasteiger partial charge is 0.494 e. The van der Waals surface area contributed by atoms with Crippen molar-refractivity contribution >= 4 is 11.8 Å². The van der Waals surface area contributed by atoms with Crippen molar-refractivity contribution in [3.05, 3.63) is 29.8 Å². The van der Waals surface area contributed by atoms with E-state index in [1.165, 1.54) is 0 Å². The van der Waals surface area contributed by atoms with E-state index >= 15 is 0 Å². The molecule has 126 valence electrons. The van der Waals surface area contributed by atoms with Crippen LogP contribution in [0.3, 0.4) is 0 Å². The third kappa shape index (κ3) is 5.33. The molecule has 0 radical (unpaired) electrons. The van der Waals surface area contributed by atoms with Crippen molar-refractivity contribution in [3.8, 4) is 5.75 Å². The molecule has 1 aromatic carbocycles. The molecule has 0 bridgehead atoms. The normalized spacial score (nSPS) is 16.7. The van der Waals surface area contributed by atoms with E-state index in [2.05, 4.69) is 10.2 Å². The number of carbonyl (C=O) groups is 2. The van der Waals surface area contributed by atoms with Gasteiger partial charge in [0.05, 0.1) is 13.0 Å². The summed E-state index contributed by atoms with van der Waals surface area (Å²) in [5.41, 5.74) is 0.537. The number of hydrogen-bond acceptors (Lipinski definition) is 5. The van der Waals surface area contributed by atoms with Gasteiger partial charge < -0.3 is 20.1 Å². The Hall–Kier alpha value is -1.92. The highest BCUT2D eigenvalue weighted by Crippen LogP contribution is 2.18. The van der Waals surface area contributed by atoms with Gasteiger partial charge in [-0.05, 0) is 31.2 Å². The first-order valence-corrected chi connectivity index (χ1v) is 8.02. The quantitative estimate of drug-likeness (QED) is 0.702. The fourth-order valence-corrected chi connectivity index (χ4v) is 2.77. The van der Waals surface area contributed by atoms with Gasteiger partial charge in [0.1, 0.15) is 5.75 Å². The first-order valence-electron chi connectivity index (χ1n) is 8.02. The van der Waals surface area contributed by atoms with Crippen molar-refractivity contribution in [3.63, 3.8) is 0 Å². The van der Waals surface area contributed by atoms with Crippen LogP contribution in [0.4, 0.5) is 0 Å². The molecular weight excluding hydrogens is 296 g/mol. The van der Waals surface area contributed by atoms with E-state index in [0.717, 1.165) is 26.2 Å². The fourth-order valence-electron chi connectivity index (χ4n) is 2.77. The molecule has 6 heteroatoms. The number of nitrogens with one attached hydrogen (secondary N) is 1. The first-order chi connectivity index (χ1) is 11.1. The van der Waals surface area contributed by atoms with Gasteiger partial charge in [-0.1, -0.05) is 0 Å². The van der Waals surface area contributed by atoms with E-state index in [0.29, 0.717) is 24.5 Å². The van der Waals surface area contributed by atoms with Crippen molar-refractivity contribution in [2.24, 2.45) is 5.92 Å². The maximum atomic E-state index is 12.7. The molecule has 1 fully saturated rings. The molecule has 1 aromatic rings. The molecule has 1 unspecified atom stereocenters. The lowest BCUT2D eigenvalue weighted by Gasteiger charge is -2.30. The smallest absolute Gasteiger partial charge is 0.304 e. The molecule has 1 heterocycles. The summed E-state index contributed by atoms with van der Waals surface area (Å²) < 4.78 is 5.37. The number of nitrogens with zero attached hydrogens (tertiary/aromatic N) is 1. The zero-order valence-electron chi connectivity index (χ0n) is 13.5. The predicted molar refractivity (Wildman–Crippen MR) is 87.0 cm³/mol. The van der Waals surface area contributed by atoms with Crippen molar-refractivity contribution in [1.29, 1.82) is 0 Å². The number of carboxylic acids is 1. The van der Waals surface area contributed by atoms with E-state index in [1.807, 2.05) is 6.92 Å². The number of ether oxygens (including phenoxy) is 1. The Morgan fingerprint density at radius 3 is 2.48 bits per heavy atom. The van der Waals surface area contributed by atoms with E-state index in [-0.39, 0.29) is 12.2 Å². The molecule has 0 aromatic heterocycles. The van der Waals surface area contributed by atoms with Crippen LogP contribution < -0.4 is 10.1 Å². The fraction of sp³-hybridized carbons (Fsp3) is 0.529. The molecule has 6 nitrogen and oxygen atoms in total. The predicted octanol–water partition coefficient (Wildman–Crippen LogP) is 1.26. The Morgan fingerprint density at radius 2 is 1.91 bits per heavy atom. The van der Waals surface area contributed by atoms with Gasteiger partial charge in [0.25, 0.3) is 0 Å². The van der Waals surface area contributed by atoms with Gasteiger partial charge in [-0.3, -0.25) is 9.59 Å². The standard InChI is InChI=1S/C17H24N2O4/c1-2-23-15-5-3-13(4-6-15)17(22)14(11-16(20)21)12-19-9-7-18-8-10-19/h3-6,14,18H,2,7-12H2,1H3,(H,20,21). The van der Waals surface area contributed by atoms with Crippen LogP contribution in [0, 0.1) is 5.92 Å². The first kappa shape index (κ1) is 17.4. The summed E-state index contributed by atoms with van der Waals surface area (Å²) in [6, 6.07) is 6.92. The van der Waals surface area contributed by atoms with Gasteiger partial charge in [0, 0.05) is 44.2 Å². The molecule has 0 saturated carbocycles. The monoisotopic (exact) mass is 320 g/mol. The summed E-state index contributed by atoms with van der Waals surface area (Å²) in [4.78, 5) is 25.9. The number of aliphatic carboxylic acids is 1. The van der Waals surface area contributed by atoms with Crippen molar-refractivity contribution in [1.82, 2.24) is 10.2 Å². The van der Waals surface area contributed by atoms with Gasteiger partial charge in [-0.25, -0.2) is 0 Å². The van der Waals surface area contributed by atoms with Crippen molar-refractivity contribution in [2.75, 3.05) is 39.3 Å². The molecule has 1 aliphatic heterocycles. The average Bonchev–Trinajstić information content (AvgIpc) is 2.55. The molecular formula is C17H24N2O4. The highest BCUT2D eigenvalue weighted by atomic mass is 16.5. The maximum Gasteiger partial charge on any atom is 0.304 e. The van der Waals surface area contributed by atoms with Gasteiger partial charge in [-0.2, -0.15) is 0 Å². The Balaban J connectivity index is 2.06. The minimum Gasteiger partial charge on any atom is -0.494 e. The number of benzene rings is 1. The second kappa shape index (κ2) is 8.64. The van der Waals surface area contributed by atoms with Gasteiger partial charge in [-0.15, -0.1) is 0 Å². The summed E-state index contributed by atoms with van der Waals surface area (Å²) in [6.07, 6.45) is -0.143. The molecule has 1 atom stereocenters. The van der Waals surface area contributed by atoms with Crippen LogP contribution in [0.5, 0.6) is 5.75 Å². The summed E-state index contributed by atoms with van der Waals surface area (Å²) in [5, 5.41) is 12.4. The van der Waals surface area contributed by atoms with Crippen LogP contribution in [0.25, 0.3) is 0 Å². The minimum absolute atomic E-state index is 0.117. The molecule has 1 saturated heterocycles. The number of Topliss-reactive ketones (excluding diaryl/α,β-unsaturated/α-hetero) is 1. The molecule has 2 rings (SSSR count). The summed E-state index contributed by atoms with van der Waals surface area (Å²) in [5.74, 6) is -0.872. The van der Waals surface area contributed by atoms with Gasteiger partial charge in [0.2, 0.25) is 0 Å². The number of piperazine rings is 1. The SMILES string of the molecule is CCOc1ccc(C(=O)C(CC(=O)O)CN2CCNCC2)cc1. The number of rotatable bonds is 8. The van der Waals surface area contributed by atoms with E-state index in [1.54, 1.807) is 24.3 Å². The van der Waals surface area contributed by atoms with E-state index in [4.69, 9.17) is 9.84 Å². The topological polar surface area (TPSA) is 78.9 Å². The number of ketones is 1. The number of carbonyl (C=O) groups excluding carboxylic acids is 1. The lowest BCUT2D eigenvalue weighted by Crippen LogP contribution is -2.46. The highest BCUT2D eigenvalue weighted by Gasteiger charge is 2.26. The van der Waals surface area contributed by atoms with Gasteiger partial charge in [0.15, 0.2) is 5.78 Å². The molecule has 0 amide bonds. The van der Waals surface area contributed by atoms with Crippen LogP contribution in [0.1, 0.15) is 23.7 Å². The summed E-state index contributed by atoms with van der Waals surface area (Å²) in [6.45, 7) is 6.38. The van der Waals surface area contributed by atoms with E-state index in [9.17, 15) is 9.59 Å². The molecule has 1 aliphatic rings. The summed E-state index contributed by atoms with van der Waals surface area (Å²) in [7, 11) is 0. The second-order valence-corrected chi connectivity index (χ2v) is 5.67. The third-order valence-electron chi connectivity index (χ3n) is 3.93. The molecule has 0 spiro atoms.